The molecule has 0 radical (unpaired) electrons. The van der Waals surface area contributed by atoms with E-state index in [2.05, 4.69) is 6.58 Å². The number of hydrogen-bond donors (Lipinski definition) is 0. The molecule has 0 N–H and O–H groups in total. The second-order valence-electron chi connectivity index (χ2n) is 6.28. The predicted molar refractivity (Wildman–Crippen MR) is 89.7 cm³/mol. The number of hydrogen-bond acceptors (Lipinski definition) is 3. The summed E-state index contributed by atoms with van der Waals surface area (Å²) in [5, 5.41) is 0. The average molecular weight is 394 g/mol. The van der Waals surface area contributed by atoms with E-state index in [4.69, 9.17) is 14.2 Å². The van der Waals surface area contributed by atoms with Crippen LogP contribution in [0.3, 0.4) is 0 Å². The van der Waals surface area contributed by atoms with Gasteiger partial charge < -0.3 is 14.2 Å². The predicted octanol–water partition coefficient (Wildman–Crippen LogP) is 5.74. The van der Waals surface area contributed by atoms with E-state index in [0.717, 1.165) is 18.6 Å². The molecular formula is C19H23F5O3. The van der Waals surface area contributed by atoms with Crippen molar-refractivity contribution in [2.75, 3.05) is 13.2 Å². The number of ether oxygens (including phenoxy) is 3. The van der Waals surface area contributed by atoms with Crippen LogP contribution in [0.15, 0.2) is 24.8 Å². The summed E-state index contributed by atoms with van der Waals surface area (Å²) in [4.78, 5) is 0. The minimum absolute atomic E-state index is 0.103. The van der Waals surface area contributed by atoms with Crippen LogP contribution in [-0.2, 0) is 15.6 Å². The summed E-state index contributed by atoms with van der Waals surface area (Å²) < 4.78 is 85.2. The molecule has 1 aromatic carbocycles. The molecule has 0 aromatic heterocycles. The lowest BCUT2D eigenvalue weighted by atomic mass is 10.0. The Morgan fingerprint density at radius 3 is 2.63 bits per heavy atom. The molecule has 27 heavy (non-hydrogen) atoms. The third-order valence-electron chi connectivity index (χ3n) is 4.28. The third kappa shape index (κ3) is 5.42. The van der Waals surface area contributed by atoms with Crippen molar-refractivity contribution in [2.45, 2.75) is 57.3 Å². The van der Waals surface area contributed by atoms with Gasteiger partial charge in [-0.2, -0.15) is 8.78 Å². The Morgan fingerprint density at radius 2 is 2.07 bits per heavy atom. The van der Waals surface area contributed by atoms with Crippen molar-refractivity contribution in [3.05, 3.63) is 41.7 Å². The maximum absolute atomic E-state index is 14.5. The summed E-state index contributed by atoms with van der Waals surface area (Å²) in [7, 11) is 0. The molecular weight excluding hydrogens is 371 g/mol. The van der Waals surface area contributed by atoms with E-state index in [1.54, 1.807) is 6.08 Å². The van der Waals surface area contributed by atoms with E-state index in [0.29, 0.717) is 12.8 Å². The SMILES string of the molecule is C=CC1CCC(OC(F)(F)c2ccc(OCCCC)c(F)c2C(F)F)CO1. The molecule has 8 heteroatoms. The first-order valence-corrected chi connectivity index (χ1v) is 8.83. The van der Waals surface area contributed by atoms with Gasteiger partial charge in [0.25, 0.3) is 6.43 Å². The van der Waals surface area contributed by atoms with Gasteiger partial charge >= 0.3 is 6.11 Å². The topological polar surface area (TPSA) is 27.7 Å². The molecule has 2 atom stereocenters. The molecule has 0 bridgehead atoms. The van der Waals surface area contributed by atoms with Gasteiger partial charge in [-0.05, 0) is 31.4 Å². The Kier molecular flexibility index (Phi) is 7.61. The van der Waals surface area contributed by atoms with Gasteiger partial charge in [0.1, 0.15) is 0 Å². The lowest BCUT2D eigenvalue weighted by Crippen LogP contribution is -2.35. The highest BCUT2D eigenvalue weighted by atomic mass is 19.3. The monoisotopic (exact) mass is 394 g/mol. The Labute approximate surface area is 155 Å². The van der Waals surface area contributed by atoms with Crippen molar-refractivity contribution >= 4 is 0 Å². The summed E-state index contributed by atoms with van der Waals surface area (Å²) in [6.45, 7) is 5.40. The van der Waals surface area contributed by atoms with Gasteiger partial charge in [-0.1, -0.05) is 19.4 Å². The summed E-state index contributed by atoms with van der Waals surface area (Å²) >= 11 is 0. The summed E-state index contributed by atoms with van der Waals surface area (Å²) in [6, 6.07) is 1.65. The fourth-order valence-corrected chi connectivity index (χ4v) is 2.78. The van der Waals surface area contributed by atoms with Crippen LogP contribution in [0.1, 0.15) is 50.2 Å². The largest absolute Gasteiger partial charge is 0.491 e. The Hall–Kier alpha value is -1.67. The lowest BCUT2D eigenvalue weighted by Gasteiger charge is -2.31. The normalized spacial score (nSPS) is 20.7. The van der Waals surface area contributed by atoms with E-state index in [-0.39, 0.29) is 25.7 Å². The maximum atomic E-state index is 14.5. The zero-order valence-electron chi connectivity index (χ0n) is 15.0. The molecule has 0 aliphatic carbocycles. The van der Waals surface area contributed by atoms with Gasteiger partial charge in [-0.15, -0.1) is 6.58 Å². The first-order valence-electron chi connectivity index (χ1n) is 8.83. The van der Waals surface area contributed by atoms with Crippen molar-refractivity contribution in [3.63, 3.8) is 0 Å². The average Bonchev–Trinajstić information content (AvgIpc) is 2.63. The molecule has 1 heterocycles. The Bertz CT molecular complexity index is 628. The van der Waals surface area contributed by atoms with E-state index in [9.17, 15) is 22.0 Å². The highest BCUT2D eigenvalue weighted by Crippen LogP contribution is 2.41. The van der Waals surface area contributed by atoms with Gasteiger partial charge in [-0.3, -0.25) is 0 Å². The number of rotatable bonds is 9. The number of unbranched alkanes of at least 4 members (excludes halogenated alkanes) is 1. The van der Waals surface area contributed by atoms with E-state index < -0.39 is 41.3 Å². The first-order chi connectivity index (χ1) is 12.8. The fourth-order valence-electron chi connectivity index (χ4n) is 2.78. The second-order valence-corrected chi connectivity index (χ2v) is 6.28. The summed E-state index contributed by atoms with van der Waals surface area (Å²) in [5.74, 6) is -1.97. The highest BCUT2D eigenvalue weighted by molar-refractivity contribution is 5.40. The van der Waals surface area contributed by atoms with Crippen molar-refractivity contribution < 1.29 is 36.2 Å². The van der Waals surface area contributed by atoms with Crippen LogP contribution in [0.4, 0.5) is 22.0 Å². The molecule has 2 rings (SSSR count). The smallest absolute Gasteiger partial charge is 0.384 e. The van der Waals surface area contributed by atoms with Crippen LogP contribution < -0.4 is 4.74 Å². The molecule has 152 valence electrons. The fraction of sp³-hybridized carbons (Fsp3) is 0.579. The summed E-state index contributed by atoms with van der Waals surface area (Å²) in [5.41, 5.74) is -2.61. The molecule has 1 fully saturated rings. The van der Waals surface area contributed by atoms with Gasteiger partial charge in [0.15, 0.2) is 11.6 Å². The van der Waals surface area contributed by atoms with Gasteiger partial charge in [0.05, 0.1) is 36.5 Å². The standard InChI is InChI=1S/C19H23F5O3/c1-3-5-10-25-15-9-8-14(16(17(15)20)18(21)22)19(23,24)27-13-7-6-12(4-2)26-11-13/h4,8-9,12-13,18H,2-3,5-7,10-11H2,1H3. The molecule has 1 saturated heterocycles. The number of benzene rings is 1. The lowest BCUT2D eigenvalue weighted by molar-refractivity contribution is -0.288. The third-order valence-corrected chi connectivity index (χ3v) is 4.28. The highest BCUT2D eigenvalue weighted by Gasteiger charge is 2.42. The van der Waals surface area contributed by atoms with Crippen LogP contribution >= 0.6 is 0 Å². The zero-order valence-corrected chi connectivity index (χ0v) is 15.0. The van der Waals surface area contributed by atoms with Gasteiger partial charge in [-0.25, -0.2) is 13.2 Å². The Morgan fingerprint density at radius 1 is 1.33 bits per heavy atom. The van der Waals surface area contributed by atoms with E-state index in [1.807, 2.05) is 6.92 Å². The minimum Gasteiger partial charge on any atom is -0.491 e. The molecule has 3 nitrogen and oxygen atoms in total. The maximum Gasteiger partial charge on any atom is 0.384 e. The van der Waals surface area contributed by atoms with Crippen molar-refractivity contribution in [3.8, 4) is 5.75 Å². The molecule has 1 aliphatic heterocycles. The van der Waals surface area contributed by atoms with E-state index >= 15 is 0 Å². The zero-order chi connectivity index (χ0) is 20.0. The Balaban J connectivity index is 2.21. The quantitative estimate of drug-likeness (QED) is 0.304. The van der Waals surface area contributed by atoms with Crippen LogP contribution in [-0.4, -0.2) is 25.4 Å². The second kappa shape index (κ2) is 9.50. The van der Waals surface area contributed by atoms with Crippen LogP contribution in [0.2, 0.25) is 0 Å². The minimum atomic E-state index is -4.09. The molecule has 0 amide bonds. The van der Waals surface area contributed by atoms with Crippen molar-refractivity contribution in [2.24, 2.45) is 0 Å². The molecule has 2 unspecified atom stereocenters. The van der Waals surface area contributed by atoms with Crippen molar-refractivity contribution in [1.29, 1.82) is 0 Å². The summed E-state index contributed by atoms with van der Waals surface area (Å²) in [6.07, 6.45) is -5.24. The number of alkyl halides is 4. The number of halogens is 5. The van der Waals surface area contributed by atoms with Crippen LogP contribution in [0.5, 0.6) is 5.75 Å². The molecule has 1 aromatic rings. The molecule has 0 spiro atoms. The van der Waals surface area contributed by atoms with Gasteiger partial charge in [0.2, 0.25) is 0 Å². The van der Waals surface area contributed by atoms with E-state index in [1.165, 1.54) is 0 Å². The van der Waals surface area contributed by atoms with Crippen LogP contribution in [0, 0.1) is 5.82 Å². The van der Waals surface area contributed by atoms with Crippen LogP contribution in [0.25, 0.3) is 0 Å². The first kappa shape index (κ1) is 21.6. The van der Waals surface area contributed by atoms with Crippen molar-refractivity contribution in [1.82, 2.24) is 0 Å². The molecule has 1 aliphatic rings. The molecule has 0 saturated carbocycles. The van der Waals surface area contributed by atoms with Gasteiger partial charge in [0, 0.05) is 0 Å².